The summed E-state index contributed by atoms with van der Waals surface area (Å²) in [6, 6.07) is 8.11. The molecule has 0 saturated carbocycles. The predicted molar refractivity (Wildman–Crippen MR) is 92.9 cm³/mol. The number of carboxylic acids is 2. The summed E-state index contributed by atoms with van der Waals surface area (Å²) in [5, 5.41) is 52.5. The summed E-state index contributed by atoms with van der Waals surface area (Å²) in [5.41, 5.74) is 1.02. The molecular formula is C18H16O8. The Morgan fingerprint density at radius 1 is 0.615 bits per heavy atom. The summed E-state index contributed by atoms with van der Waals surface area (Å²) in [4.78, 5) is 20.3. The summed E-state index contributed by atoms with van der Waals surface area (Å²) in [6.45, 7) is 0. The van der Waals surface area contributed by atoms with Gasteiger partial charge in [-0.15, -0.1) is 0 Å². The number of benzene rings is 2. The molecule has 6 N–H and O–H groups in total. The van der Waals surface area contributed by atoms with Gasteiger partial charge in [-0.3, -0.25) is 0 Å². The number of carboxylic acid groups (broad SMARTS) is 2. The maximum atomic E-state index is 10.1. The van der Waals surface area contributed by atoms with Crippen LogP contribution < -0.4 is 0 Å². The lowest BCUT2D eigenvalue weighted by molar-refractivity contribution is -0.132. The molecule has 8 nitrogen and oxygen atoms in total. The zero-order chi connectivity index (χ0) is 19.7. The van der Waals surface area contributed by atoms with Crippen LogP contribution in [0.3, 0.4) is 0 Å². The molecule has 0 bridgehead atoms. The minimum absolute atomic E-state index is 0.229. The monoisotopic (exact) mass is 360 g/mol. The maximum Gasteiger partial charge on any atom is 0.328 e. The van der Waals surface area contributed by atoms with E-state index in [1.807, 2.05) is 0 Å². The zero-order valence-corrected chi connectivity index (χ0v) is 13.3. The Balaban J connectivity index is 0.000000260. The molecule has 8 heteroatoms. The van der Waals surface area contributed by atoms with E-state index in [0.717, 1.165) is 12.2 Å². The second kappa shape index (κ2) is 9.38. The zero-order valence-electron chi connectivity index (χ0n) is 13.3. The molecule has 0 aliphatic carbocycles. The minimum Gasteiger partial charge on any atom is -0.504 e. The highest BCUT2D eigenvalue weighted by atomic mass is 16.4. The molecule has 136 valence electrons. The van der Waals surface area contributed by atoms with Crippen LogP contribution in [0.2, 0.25) is 0 Å². The smallest absolute Gasteiger partial charge is 0.328 e. The van der Waals surface area contributed by atoms with Crippen LogP contribution in [0.15, 0.2) is 48.6 Å². The van der Waals surface area contributed by atoms with Gasteiger partial charge in [0, 0.05) is 12.2 Å². The number of rotatable bonds is 4. The molecule has 2 aromatic carbocycles. The number of phenolic OH excluding ortho intramolecular Hbond substituents is 4. The van der Waals surface area contributed by atoms with Gasteiger partial charge in [-0.2, -0.15) is 0 Å². The van der Waals surface area contributed by atoms with E-state index in [9.17, 15) is 9.59 Å². The average molecular weight is 360 g/mol. The molecule has 0 radical (unpaired) electrons. The van der Waals surface area contributed by atoms with Crippen molar-refractivity contribution in [3.63, 3.8) is 0 Å². The first-order chi connectivity index (χ1) is 12.2. The van der Waals surface area contributed by atoms with Crippen molar-refractivity contribution >= 4 is 24.1 Å². The molecule has 0 unspecified atom stereocenters. The molecule has 0 aromatic heterocycles. The number of aliphatic carboxylic acids is 2. The second-order valence-corrected chi connectivity index (χ2v) is 4.84. The third-order valence-corrected chi connectivity index (χ3v) is 2.84. The van der Waals surface area contributed by atoms with Gasteiger partial charge in [-0.25, -0.2) is 9.59 Å². The fourth-order valence-electron chi connectivity index (χ4n) is 1.62. The Morgan fingerprint density at radius 3 is 1.23 bits per heavy atom. The van der Waals surface area contributed by atoms with Crippen LogP contribution in [0.25, 0.3) is 12.2 Å². The fourth-order valence-corrected chi connectivity index (χ4v) is 1.62. The van der Waals surface area contributed by atoms with Gasteiger partial charge in [-0.05, 0) is 47.5 Å². The van der Waals surface area contributed by atoms with Crippen molar-refractivity contribution in [2.75, 3.05) is 0 Å². The van der Waals surface area contributed by atoms with Gasteiger partial charge in [0.25, 0.3) is 0 Å². The van der Waals surface area contributed by atoms with Crippen LogP contribution >= 0.6 is 0 Å². The lowest BCUT2D eigenvalue weighted by Crippen LogP contribution is -1.85. The summed E-state index contributed by atoms with van der Waals surface area (Å²) in [6.07, 6.45) is 4.54. The van der Waals surface area contributed by atoms with E-state index in [-0.39, 0.29) is 23.0 Å². The molecule has 0 spiro atoms. The number of carbonyl (C=O) groups is 2. The first-order valence-electron chi connectivity index (χ1n) is 7.05. The molecule has 0 atom stereocenters. The van der Waals surface area contributed by atoms with Gasteiger partial charge >= 0.3 is 11.9 Å². The van der Waals surface area contributed by atoms with Crippen molar-refractivity contribution in [1.29, 1.82) is 0 Å². The Hall–Kier alpha value is -3.94. The molecule has 0 heterocycles. The molecule has 2 rings (SSSR count). The lowest BCUT2D eigenvalue weighted by Gasteiger charge is -1.97. The molecule has 2 aromatic rings. The van der Waals surface area contributed by atoms with Crippen molar-refractivity contribution in [2.24, 2.45) is 0 Å². The van der Waals surface area contributed by atoms with Crippen LogP contribution in [0, 0.1) is 0 Å². The largest absolute Gasteiger partial charge is 0.504 e. The fraction of sp³-hybridized carbons (Fsp3) is 0. The Labute approximate surface area is 147 Å². The van der Waals surface area contributed by atoms with Gasteiger partial charge in [0.1, 0.15) is 0 Å². The summed E-state index contributed by atoms with van der Waals surface area (Å²) < 4.78 is 0. The van der Waals surface area contributed by atoms with E-state index in [1.54, 1.807) is 0 Å². The van der Waals surface area contributed by atoms with Gasteiger partial charge in [-0.1, -0.05) is 12.1 Å². The van der Waals surface area contributed by atoms with Crippen molar-refractivity contribution in [2.45, 2.75) is 0 Å². The number of hydrogen-bond acceptors (Lipinski definition) is 6. The highest BCUT2D eigenvalue weighted by molar-refractivity contribution is 5.85. The van der Waals surface area contributed by atoms with E-state index in [0.29, 0.717) is 11.1 Å². The Bertz CT molecular complexity index is 781. The van der Waals surface area contributed by atoms with Gasteiger partial charge in [0.05, 0.1) is 0 Å². The topological polar surface area (TPSA) is 156 Å². The molecule has 0 amide bonds. The highest BCUT2D eigenvalue weighted by Crippen LogP contribution is 2.26. The number of hydrogen-bond donors (Lipinski definition) is 6. The average Bonchev–Trinajstić information content (AvgIpc) is 2.57. The van der Waals surface area contributed by atoms with Gasteiger partial charge in [0.15, 0.2) is 23.0 Å². The molecule has 0 aliphatic heterocycles. The maximum absolute atomic E-state index is 10.1. The van der Waals surface area contributed by atoms with Crippen LogP contribution in [-0.4, -0.2) is 42.6 Å². The Kier molecular flexibility index (Phi) is 7.25. The molecule has 0 saturated heterocycles. The van der Waals surface area contributed by atoms with Crippen LogP contribution in [0.1, 0.15) is 11.1 Å². The standard InChI is InChI=1S/2C9H8O4/c2*10-7-3-1-6(5-8(7)11)2-4-9(12)13/h2*1-5,10-11H,(H,12,13)/b4-2+;. The van der Waals surface area contributed by atoms with Crippen molar-refractivity contribution < 1.29 is 40.2 Å². The van der Waals surface area contributed by atoms with Crippen LogP contribution in [0.4, 0.5) is 0 Å². The number of phenols is 4. The van der Waals surface area contributed by atoms with Crippen molar-refractivity contribution in [1.82, 2.24) is 0 Å². The molecule has 0 aliphatic rings. The van der Waals surface area contributed by atoms with Crippen LogP contribution in [-0.2, 0) is 9.59 Å². The molecular weight excluding hydrogens is 344 g/mol. The predicted octanol–water partition coefficient (Wildman–Crippen LogP) is 2.39. The second-order valence-electron chi connectivity index (χ2n) is 4.84. The Morgan fingerprint density at radius 2 is 0.962 bits per heavy atom. The molecule has 0 fully saturated rings. The molecule has 26 heavy (non-hydrogen) atoms. The highest BCUT2D eigenvalue weighted by Gasteiger charge is 1.98. The first kappa shape index (κ1) is 20.1. The van der Waals surface area contributed by atoms with E-state index in [1.165, 1.54) is 48.6 Å². The number of aromatic hydroxyl groups is 4. The van der Waals surface area contributed by atoms with E-state index >= 15 is 0 Å². The quantitative estimate of drug-likeness (QED) is 0.358. The van der Waals surface area contributed by atoms with E-state index in [2.05, 4.69) is 0 Å². The van der Waals surface area contributed by atoms with Crippen molar-refractivity contribution in [3.05, 3.63) is 59.7 Å². The van der Waals surface area contributed by atoms with Gasteiger partial charge in [0.2, 0.25) is 0 Å². The summed E-state index contributed by atoms with van der Waals surface area (Å²) >= 11 is 0. The normalized spacial score (nSPS) is 10.5. The van der Waals surface area contributed by atoms with Gasteiger partial charge < -0.3 is 30.6 Å². The summed E-state index contributed by atoms with van der Waals surface area (Å²) in [7, 11) is 0. The summed E-state index contributed by atoms with van der Waals surface area (Å²) in [5.74, 6) is -3.12. The van der Waals surface area contributed by atoms with E-state index in [4.69, 9.17) is 30.6 Å². The first-order valence-corrected chi connectivity index (χ1v) is 7.05. The third kappa shape index (κ3) is 7.09. The van der Waals surface area contributed by atoms with Crippen LogP contribution in [0.5, 0.6) is 23.0 Å². The lowest BCUT2D eigenvalue weighted by atomic mass is 10.2. The van der Waals surface area contributed by atoms with E-state index < -0.39 is 11.9 Å². The van der Waals surface area contributed by atoms with Crippen molar-refractivity contribution in [3.8, 4) is 23.0 Å². The SMILES string of the molecule is O=C(O)/C=C/c1ccc(O)c(O)c1.O=C(O)C=Cc1ccc(O)c(O)c1. The third-order valence-electron chi connectivity index (χ3n) is 2.84. The minimum atomic E-state index is -1.06.